The van der Waals surface area contributed by atoms with Crippen LogP contribution in [-0.2, 0) is 23.0 Å². The van der Waals surface area contributed by atoms with Crippen LogP contribution in [0.5, 0.6) is 5.75 Å². The van der Waals surface area contributed by atoms with Gasteiger partial charge in [0.2, 0.25) is 10.0 Å². The van der Waals surface area contributed by atoms with Crippen molar-refractivity contribution in [3.05, 3.63) is 89.7 Å². The number of methoxy groups -OCH3 is 1. The van der Waals surface area contributed by atoms with Crippen molar-refractivity contribution >= 4 is 10.0 Å². The Labute approximate surface area is 166 Å². The molecule has 0 N–H and O–H groups in total. The van der Waals surface area contributed by atoms with Crippen LogP contribution in [0.2, 0.25) is 0 Å². The molecular formula is C22H24N2O3S. The average Bonchev–Trinajstić information content (AvgIpc) is 2.72. The fraction of sp³-hybridized carbons (Fsp3) is 0.227. The van der Waals surface area contributed by atoms with E-state index in [1.54, 1.807) is 31.5 Å². The summed E-state index contributed by atoms with van der Waals surface area (Å²) >= 11 is 0. The van der Waals surface area contributed by atoms with E-state index in [2.05, 4.69) is 4.98 Å². The Kier molecular flexibility index (Phi) is 6.44. The van der Waals surface area contributed by atoms with E-state index in [9.17, 15) is 8.42 Å². The maximum Gasteiger partial charge on any atom is 0.243 e. The smallest absolute Gasteiger partial charge is 0.243 e. The predicted molar refractivity (Wildman–Crippen MR) is 110 cm³/mol. The Balaban J connectivity index is 1.90. The van der Waals surface area contributed by atoms with E-state index in [0.717, 1.165) is 11.1 Å². The molecule has 0 aliphatic carbocycles. The predicted octanol–water partition coefficient (Wildman–Crippen LogP) is 3.83. The highest BCUT2D eigenvalue weighted by Gasteiger charge is 2.25. The number of rotatable bonds is 8. The second-order valence-electron chi connectivity index (χ2n) is 6.53. The molecule has 3 rings (SSSR count). The molecule has 0 spiro atoms. The first kappa shape index (κ1) is 20.0. The van der Waals surface area contributed by atoms with Crippen LogP contribution in [0.25, 0.3) is 0 Å². The molecule has 5 nitrogen and oxygen atoms in total. The maximum atomic E-state index is 13.4. The number of aromatic nitrogens is 1. The lowest BCUT2D eigenvalue weighted by atomic mass is 10.1. The zero-order chi connectivity index (χ0) is 20.0. The number of pyridine rings is 1. The molecule has 0 saturated heterocycles. The number of ether oxygens (including phenoxy) is 1. The highest BCUT2D eigenvalue weighted by molar-refractivity contribution is 7.89. The van der Waals surface area contributed by atoms with Crippen LogP contribution in [0.3, 0.4) is 0 Å². The molecule has 0 fully saturated rings. The van der Waals surface area contributed by atoms with E-state index < -0.39 is 10.0 Å². The van der Waals surface area contributed by atoms with Gasteiger partial charge in [0.15, 0.2) is 0 Å². The highest BCUT2D eigenvalue weighted by Crippen LogP contribution is 2.25. The van der Waals surface area contributed by atoms with Crippen molar-refractivity contribution in [2.24, 2.45) is 0 Å². The quantitative estimate of drug-likeness (QED) is 0.581. The summed E-state index contributed by atoms with van der Waals surface area (Å²) in [5, 5.41) is 0. The summed E-state index contributed by atoms with van der Waals surface area (Å²) in [5.41, 5.74) is 2.59. The van der Waals surface area contributed by atoms with Gasteiger partial charge in [-0.25, -0.2) is 8.42 Å². The van der Waals surface area contributed by atoms with Gasteiger partial charge in [-0.1, -0.05) is 36.4 Å². The lowest BCUT2D eigenvalue weighted by molar-refractivity contribution is 0.403. The van der Waals surface area contributed by atoms with Gasteiger partial charge in [0, 0.05) is 12.7 Å². The van der Waals surface area contributed by atoms with Gasteiger partial charge in [0.25, 0.3) is 0 Å². The summed E-state index contributed by atoms with van der Waals surface area (Å²) in [4.78, 5) is 4.56. The van der Waals surface area contributed by atoms with Crippen LogP contribution >= 0.6 is 0 Å². The van der Waals surface area contributed by atoms with E-state index in [0.29, 0.717) is 24.4 Å². The minimum atomic E-state index is -3.68. The van der Waals surface area contributed by atoms with E-state index >= 15 is 0 Å². The fourth-order valence-electron chi connectivity index (χ4n) is 3.02. The SMILES string of the molecule is COc1ccc(S(=O)(=O)N(CCc2ccccc2)Cc2ccccn2)cc1C. The standard InChI is InChI=1S/C22H24N2O3S/c1-18-16-21(11-12-22(18)27-2)28(25,26)24(17-20-10-6-7-14-23-20)15-13-19-8-4-3-5-9-19/h3-12,14,16H,13,15,17H2,1-2H3. The molecule has 0 aliphatic rings. The minimum Gasteiger partial charge on any atom is -0.496 e. The zero-order valence-electron chi connectivity index (χ0n) is 16.1. The lowest BCUT2D eigenvalue weighted by Gasteiger charge is -2.22. The van der Waals surface area contributed by atoms with Gasteiger partial charge in [-0.05, 0) is 54.8 Å². The second-order valence-corrected chi connectivity index (χ2v) is 8.46. The number of nitrogens with zero attached hydrogens (tertiary/aromatic N) is 2. The highest BCUT2D eigenvalue weighted by atomic mass is 32.2. The monoisotopic (exact) mass is 396 g/mol. The Morgan fingerprint density at radius 1 is 1.00 bits per heavy atom. The van der Waals surface area contributed by atoms with Gasteiger partial charge in [0.1, 0.15) is 5.75 Å². The molecule has 146 valence electrons. The molecule has 0 amide bonds. The second kappa shape index (κ2) is 8.99. The first-order valence-corrected chi connectivity index (χ1v) is 10.5. The molecule has 1 aromatic heterocycles. The van der Waals surface area contributed by atoms with Crippen LogP contribution in [0.15, 0.2) is 77.8 Å². The molecule has 0 aliphatic heterocycles. The number of hydrogen-bond donors (Lipinski definition) is 0. The summed E-state index contributed by atoms with van der Waals surface area (Å²) in [7, 11) is -2.11. The fourth-order valence-corrected chi connectivity index (χ4v) is 4.51. The zero-order valence-corrected chi connectivity index (χ0v) is 16.9. The number of sulfonamides is 1. The van der Waals surface area contributed by atoms with Crippen molar-refractivity contribution in [3.8, 4) is 5.75 Å². The van der Waals surface area contributed by atoms with Gasteiger partial charge in [-0.2, -0.15) is 4.31 Å². The topological polar surface area (TPSA) is 59.5 Å². The normalized spacial score (nSPS) is 11.5. The first-order valence-electron chi connectivity index (χ1n) is 9.09. The summed E-state index contributed by atoms with van der Waals surface area (Å²) in [6.45, 7) is 2.43. The van der Waals surface area contributed by atoms with E-state index in [4.69, 9.17) is 4.74 Å². The van der Waals surface area contributed by atoms with Crippen molar-refractivity contribution in [1.82, 2.24) is 9.29 Å². The molecule has 0 bridgehead atoms. The summed E-state index contributed by atoms with van der Waals surface area (Å²) < 4.78 is 33.5. The third-order valence-corrected chi connectivity index (χ3v) is 6.40. The molecule has 6 heteroatoms. The molecule has 0 radical (unpaired) electrons. The Morgan fingerprint density at radius 3 is 2.39 bits per heavy atom. The van der Waals surface area contributed by atoms with Crippen molar-refractivity contribution < 1.29 is 13.2 Å². The molecule has 1 heterocycles. The molecule has 2 aromatic carbocycles. The van der Waals surface area contributed by atoms with Crippen molar-refractivity contribution in [1.29, 1.82) is 0 Å². The van der Waals surface area contributed by atoms with E-state index in [-0.39, 0.29) is 11.4 Å². The van der Waals surface area contributed by atoms with Gasteiger partial charge in [-0.3, -0.25) is 4.98 Å². The molecule has 0 saturated carbocycles. The molecule has 0 atom stereocenters. The molecular weight excluding hydrogens is 372 g/mol. The minimum absolute atomic E-state index is 0.223. The molecule has 28 heavy (non-hydrogen) atoms. The lowest BCUT2D eigenvalue weighted by Crippen LogP contribution is -2.33. The molecule has 0 unspecified atom stereocenters. The Morgan fingerprint density at radius 2 is 1.75 bits per heavy atom. The summed E-state index contributed by atoms with van der Waals surface area (Å²) in [5.74, 6) is 0.666. The number of benzene rings is 2. The maximum absolute atomic E-state index is 13.4. The van der Waals surface area contributed by atoms with Crippen LogP contribution in [0.4, 0.5) is 0 Å². The van der Waals surface area contributed by atoms with Crippen molar-refractivity contribution in [2.75, 3.05) is 13.7 Å². The molecule has 3 aromatic rings. The largest absolute Gasteiger partial charge is 0.496 e. The Bertz CT molecular complexity index is 1010. The summed E-state index contributed by atoms with van der Waals surface area (Å²) in [6, 6.07) is 20.3. The average molecular weight is 397 g/mol. The third-order valence-electron chi connectivity index (χ3n) is 4.56. The van der Waals surface area contributed by atoms with Crippen LogP contribution < -0.4 is 4.74 Å². The number of hydrogen-bond acceptors (Lipinski definition) is 4. The van der Waals surface area contributed by atoms with Gasteiger partial charge in [-0.15, -0.1) is 0 Å². The van der Waals surface area contributed by atoms with E-state index in [1.807, 2.05) is 55.5 Å². The number of aryl methyl sites for hydroxylation is 1. The van der Waals surface area contributed by atoms with Gasteiger partial charge >= 0.3 is 0 Å². The van der Waals surface area contributed by atoms with E-state index in [1.165, 1.54) is 4.31 Å². The van der Waals surface area contributed by atoms with Crippen molar-refractivity contribution in [2.45, 2.75) is 24.8 Å². The van der Waals surface area contributed by atoms with Gasteiger partial charge < -0.3 is 4.74 Å². The van der Waals surface area contributed by atoms with Crippen molar-refractivity contribution in [3.63, 3.8) is 0 Å². The third kappa shape index (κ3) is 4.77. The van der Waals surface area contributed by atoms with Gasteiger partial charge in [0.05, 0.1) is 24.2 Å². The van der Waals surface area contributed by atoms with Crippen LogP contribution in [-0.4, -0.2) is 31.4 Å². The summed E-state index contributed by atoms with van der Waals surface area (Å²) in [6.07, 6.45) is 2.30. The Hall–Kier alpha value is -2.70. The van der Waals surface area contributed by atoms with Crippen LogP contribution in [0.1, 0.15) is 16.8 Å². The van der Waals surface area contributed by atoms with Crippen LogP contribution in [0, 0.1) is 6.92 Å². The first-order chi connectivity index (χ1) is 13.5.